The molecule has 3 atom stereocenters. The van der Waals surface area contributed by atoms with Gasteiger partial charge in [0, 0.05) is 31.4 Å². The third-order valence-corrected chi connectivity index (χ3v) is 6.31. The molecule has 0 aromatic heterocycles. The fraction of sp³-hybridized carbons (Fsp3) is 0.609. The summed E-state index contributed by atoms with van der Waals surface area (Å²) in [5.41, 5.74) is 2.73. The summed E-state index contributed by atoms with van der Waals surface area (Å²) in [6.45, 7) is 3.27. The minimum Gasteiger partial charge on any atom is -0.490 e. The molecule has 140 valence electrons. The van der Waals surface area contributed by atoms with Gasteiger partial charge >= 0.3 is 0 Å². The van der Waals surface area contributed by atoms with Gasteiger partial charge in [-0.15, -0.1) is 0 Å². The summed E-state index contributed by atoms with van der Waals surface area (Å²) in [5.74, 6) is 2.62. The molecule has 1 fully saturated rings. The summed E-state index contributed by atoms with van der Waals surface area (Å²) in [7, 11) is 0. The van der Waals surface area contributed by atoms with E-state index < -0.39 is 0 Å². The van der Waals surface area contributed by atoms with Crippen molar-refractivity contribution in [2.24, 2.45) is 16.8 Å². The van der Waals surface area contributed by atoms with Gasteiger partial charge in [-0.3, -0.25) is 4.99 Å². The van der Waals surface area contributed by atoms with Crippen molar-refractivity contribution in [3.05, 3.63) is 41.6 Å². The van der Waals surface area contributed by atoms with E-state index in [-0.39, 0.29) is 0 Å². The molecule has 1 aliphatic carbocycles. The van der Waals surface area contributed by atoms with Gasteiger partial charge in [-0.1, -0.05) is 51.2 Å². The number of hydrogen-bond donors (Lipinski definition) is 1. The molecule has 0 saturated heterocycles. The van der Waals surface area contributed by atoms with Crippen LogP contribution in [0.2, 0.25) is 0 Å². The summed E-state index contributed by atoms with van der Waals surface area (Å²) in [5, 5.41) is 3.60. The molecule has 1 N–H and O–H groups in total. The molecule has 2 heterocycles. The van der Waals surface area contributed by atoms with Crippen molar-refractivity contribution in [2.75, 3.05) is 0 Å². The molecule has 3 aliphatic rings. The lowest BCUT2D eigenvalue weighted by Gasteiger charge is -2.35. The molecule has 0 spiro atoms. The molecule has 3 nitrogen and oxygen atoms in total. The van der Waals surface area contributed by atoms with E-state index in [1.165, 1.54) is 49.7 Å². The molecule has 1 aromatic carbocycles. The number of hydrogen-bond acceptors (Lipinski definition) is 3. The Morgan fingerprint density at radius 2 is 2.08 bits per heavy atom. The van der Waals surface area contributed by atoms with Crippen LogP contribution in [0.4, 0.5) is 0 Å². The number of aliphatic imine (C=N–C) groups is 1. The van der Waals surface area contributed by atoms with Crippen LogP contribution in [0, 0.1) is 11.8 Å². The average Bonchev–Trinajstić information content (AvgIpc) is 2.68. The van der Waals surface area contributed by atoms with Crippen molar-refractivity contribution >= 4 is 6.21 Å². The van der Waals surface area contributed by atoms with Crippen molar-refractivity contribution in [2.45, 2.75) is 77.0 Å². The zero-order chi connectivity index (χ0) is 17.8. The number of rotatable bonds is 5. The molecule has 0 radical (unpaired) electrons. The zero-order valence-corrected chi connectivity index (χ0v) is 16.0. The first kappa shape index (κ1) is 17.8. The quantitative estimate of drug-likeness (QED) is 0.805. The van der Waals surface area contributed by atoms with E-state index in [1.807, 2.05) is 12.4 Å². The number of nitrogens with zero attached hydrogens (tertiary/aromatic N) is 1. The molecule has 4 rings (SSSR count). The lowest BCUT2D eigenvalue weighted by Crippen LogP contribution is -2.33. The van der Waals surface area contributed by atoms with Gasteiger partial charge in [0.05, 0.1) is 0 Å². The van der Waals surface area contributed by atoms with Crippen molar-refractivity contribution in [3.63, 3.8) is 0 Å². The Hall–Kier alpha value is -1.61. The van der Waals surface area contributed by atoms with Crippen molar-refractivity contribution in [1.29, 1.82) is 0 Å². The van der Waals surface area contributed by atoms with E-state index >= 15 is 0 Å². The van der Waals surface area contributed by atoms with Crippen LogP contribution in [0.3, 0.4) is 0 Å². The van der Waals surface area contributed by atoms with Crippen LogP contribution < -0.4 is 10.1 Å². The second kappa shape index (κ2) is 8.39. The second-order valence-electron chi connectivity index (χ2n) is 8.42. The van der Waals surface area contributed by atoms with E-state index in [9.17, 15) is 0 Å². The molecular weight excluding hydrogens is 320 g/mol. The van der Waals surface area contributed by atoms with Crippen LogP contribution in [0.1, 0.15) is 63.0 Å². The Kier molecular flexibility index (Phi) is 5.74. The SMILES string of the molecule is CC1Cc2cc(CNC3C=CN=CC3)ccc2OC1CC1CCCCC1. The Morgan fingerprint density at radius 1 is 1.19 bits per heavy atom. The first-order chi connectivity index (χ1) is 12.8. The highest BCUT2D eigenvalue weighted by atomic mass is 16.5. The summed E-state index contributed by atoms with van der Waals surface area (Å²) >= 11 is 0. The fourth-order valence-corrected chi connectivity index (χ4v) is 4.67. The number of benzene rings is 1. The topological polar surface area (TPSA) is 33.6 Å². The summed E-state index contributed by atoms with van der Waals surface area (Å²) in [6.07, 6.45) is 16.9. The predicted octanol–water partition coefficient (Wildman–Crippen LogP) is 5.04. The van der Waals surface area contributed by atoms with Gasteiger partial charge in [-0.05, 0) is 47.9 Å². The maximum absolute atomic E-state index is 6.45. The largest absolute Gasteiger partial charge is 0.490 e. The third kappa shape index (κ3) is 4.37. The summed E-state index contributed by atoms with van der Waals surface area (Å²) in [4.78, 5) is 4.13. The van der Waals surface area contributed by atoms with E-state index in [4.69, 9.17) is 4.74 Å². The Balaban J connectivity index is 1.35. The zero-order valence-electron chi connectivity index (χ0n) is 16.0. The summed E-state index contributed by atoms with van der Waals surface area (Å²) in [6, 6.07) is 7.17. The highest BCUT2D eigenvalue weighted by molar-refractivity contribution is 5.60. The van der Waals surface area contributed by atoms with Crippen LogP contribution in [0.25, 0.3) is 0 Å². The first-order valence-corrected chi connectivity index (χ1v) is 10.5. The molecule has 26 heavy (non-hydrogen) atoms. The standard InChI is InChI=1S/C23H32N2O/c1-17-13-20-14-19(16-25-21-9-11-24-12-10-21)7-8-22(20)26-23(17)15-18-5-3-2-4-6-18/h7-9,11-12,14,17-18,21,23,25H,2-6,10,13,15-16H2,1H3. The lowest BCUT2D eigenvalue weighted by atomic mass is 9.81. The van der Waals surface area contributed by atoms with Crippen LogP contribution in [-0.4, -0.2) is 18.4 Å². The van der Waals surface area contributed by atoms with Gasteiger partial charge in [-0.2, -0.15) is 0 Å². The average molecular weight is 353 g/mol. The van der Waals surface area contributed by atoms with Crippen molar-refractivity contribution in [3.8, 4) is 5.75 Å². The minimum atomic E-state index is 0.401. The second-order valence-corrected chi connectivity index (χ2v) is 8.42. The maximum atomic E-state index is 6.45. The Labute approximate surface area is 157 Å². The monoisotopic (exact) mass is 352 g/mol. The number of fused-ring (bicyclic) bond motifs is 1. The predicted molar refractivity (Wildman–Crippen MR) is 108 cm³/mol. The minimum absolute atomic E-state index is 0.401. The van der Waals surface area contributed by atoms with Crippen LogP contribution >= 0.6 is 0 Å². The first-order valence-electron chi connectivity index (χ1n) is 10.5. The van der Waals surface area contributed by atoms with E-state index in [1.54, 1.807) is 0 Å². The molecule has 2 aliphatic heterocycles. The van der Waals surface area contributed by atoms with Gasteiger partial charge in [0.15, 0.2) is 0 Å². The maximum Gasteiger partial charge on any atom is 0.122 e. The van der Waals surface area contributed by atoms with Crippen LogP contribution in [-0.2, 0) is 13.0 Å². The Morgan fingerprint density at radius 3 is 2.88 bits per heavy atom. The lowest BCUT2D eigenvalue weighted by molar-refractivity contribution is 0.0881. The molecular formula is C23H32N2O. The van der Waals surface area contributed by atoms with Gasteiger partial charge < -0.3 is 10.1 Å². The van der Waals surface area contributed by atoms with E-state index in [2.05, 4.69) is 41.5 Å². The van der Waals surface area contributed by atoms with Gasteiger partial charge in [0.1, 0.15) is 11.9 Å². The molecule has 3 unspecified atom stereocenters. The molecule has 1 aromatic rings. The number of ether oxygens (including phenoxy) is 1. The third-order valence-electron chi connectivity index (χ3n) is 6.31. The van der Waals surface area contributed by atoms with Gasteiger partial charge in [0.25, 0.3) is 0 Å². The molecule has 0 amide bonds. The smallest absolute Gasteiger partial charge is 0.122 e. The normalized spacial score (nSPS) is 28.6. The molecule has 3 heteroatoms. The fourth-order valence-electron chi connectivity index (χ4n) is 4.67. The summed E-state index contributed by atoms with van der Waals surface area (Å²) < 4.78 is 6.45. The highest BCUT2D eigenvalue weighted by Gasteiger charge is 2.29. The van der Waals surface area contributed by atoms with E-state index in [0.29, 0.717) is 18.1 Å². The number of nitrogens with one attached hydrogen (secondary N) is 1. The Bertz CT molecular complexity index is 660. The highest BCUT2D eigenvalue weighted by Crippen LogP contribution is 2.36. The van der Waals surface area contributed by atoms with Crippen LogP contribution in [0.5, 0.6) is 5.75 Å². The molecule has 0 bridgehead atoms. The van der Waals surface area contributed by atoms with Crippen LogP contribution in [0.15, 0.2) is 35.5 Å². The van der Waals surface area contributed by atoms with E-state index in [0.717, 1.165) is 31.1 Å². The van der Waals surface area contributed by atoms with Gasteiger partial charge in [0.2, 0.25) is 0 Å². The van der Waals surface area contributed by atoms with Crippen molar-refractivity contribution < 1.29 is 4.74 Å². The van der Waals surface area contributed by atoms with Gasteiger partial charge in [-0.25, -0.2) is 0 Å². The molecule has 1 saturated carbocycles. The van der Waals surface area contributed by atoms with Crippen molar-refractivity contribution in [1.82, 2.24) is 5.32 Å².